The van der Waals surface area contributed by atoms with Gasteiger partial charge in [-0.1, -0.05) is 6.07 Å². The van der Waals surface area contributed by atoms with E-state index < -0.39 is 17.5 Å². The van der Waals surface area contributed by atoms with E-state index in [-0.39, 0.29) is 23.4 Å². The summed E-state index contributed by atoms with van der Waals surface area (Å²) in [6.07, 6.45) is 3.72. The van der Waals surface area contributed by atoms with E-state index in [0.29, 0.717) is 45.7 Å². The van der Waals surface area contributed by atoms with Gasteiger partial charge in [-0.2, -0.15) is 0 Å². The van der Waals surface area contributed by atoms with E-state index in [1.807, 2.05) is 23.1 Å². The molecule has 0 radical (unpaired) electrons. The van der Waals surface area contributed by atoms with Gasteiger partial charge in [0.05, 0.1) is 24.8 Å². The molecule has 3 aliphatic heterocycles. The van der Waals surface area contributed by atoms with Crippen LogP contribution in [0.25, 0.3) is 0 Å². The lowest BCUT2D eigenvalue weighted by Gasteiger charge is -2.35. The van der Waals surface area contributed by atoms with Gasteiger partial charge in [0, 0.05) is 38.0 Å². The van der Waals surface area contributed by atoms with E-state index in [1.165, 1.54) is 6.07 Å². The Morgan fingerprint density at radius 3 is 2.38 bits per heavy atom. The molecule has 5 rings (SSSR count). The molecule has 2 amide bonds. The third-order valence-electron chi connectivity index (χ3n) is 6.99. The van der Waals surface area contributed by atoms with Gasteiger partial charge >= 0.3 is 0 Å². The quantitative estimate of drug-likeness (QED) is 0.670. The number of likely N-dealkylation sites (tertiary alicyclic amines) is 2. The summed E-state index contributed by atoms with van der Waals surface area (Å²) in [6.45, 7) is 2.69. The number of piperidine rings is 1. The third kappa shape index (κ3) is 4.45. The van der Waals surface area contributed by atoms with Crippen molar-refractivity contribution < 1.29 is 27.8 Å². The number of nitrogens with zero attached hydrogens (tertiary/aromatic N) is 2. The van der Waals surface area contributed by atoms with Gasteiger partial charge in [0.2, 0.25) is 5.91 Å². The van der Waals surface area contributed by atoms with Crippen LogP contribution in [0.4, 0.5) is 8.78 Å². The zero-order valence-electron chi connectivity index (χ0n) is 19.0. The first kappa shape index (κ1) is 22.6. The molecule has 0 aromatic heterocycles. The predicted molar refractivity (Wildman–Crippen MR) is 121 cm³/mol. The Labute approximate surface area is 197 Å². The van der Waals surface area contributed by atoms with E-state index in [0.717, 1.165) is 48.5 Å². The molecular weight excluding hydrogens is 442 g/mol. The maximum atomic E-state index is 14.0. The number of amides is 2. The number of hydrogen-bond donors (Lipinski definition) is 0. The van der Waals surface area contributed by atoms with Crippen molar-refractivity contribution in [3.05, 3.63) is 59.2 Å². The Kier molecular flexibility index (Phi) is 6.39. The molecule has 0 spiro atoms. The molecule has 6 nitrogen and oxygen atoms in total. The fourth-order valence-corrected chi connectivity index (χ4v) is 5.16. The summed E-state index contributed by atoms with van der Waals surface area (Å²) in [5.41, 5.74) is 0.912. The predicted octanol–water partition coefficient (Wildman–Crippen LogP) is 4.34. The van der Waals surface area contributed by atoms with E-state index in [1.54, 1.807) is 4.90 Å². The standard InChI is InChI=1S/C26H28F2N2O4/c27-19-5-6-20(21(28)16-19)26(32)29-11-8-17(9-12-29)25(31)30-10-1-3-22(30)18-4-7-23-24(15-18)34-14-2-13-33-23/h4-7,15-17,22H,1-3,8-14H2/t22-/m0/s1. The van der Waals surface area contributed by atoms with Crippen molar-refractivity contribution in [2.45, 2.75) is 38.1 Å². The number of ether oxygens (including phenoxy) is 2. The van der Waals surface area contributed by atoms with Crippen LogP contribution in [0.1, 0.15) is 54.1 Å². The van der Waals surface area contributed by atoms with Crippen LogP contribution in [0.2, 0.25) is 0 Å². The highest BCUT2D eigenvalue weighted by Crippen LogP contribution is 2.39. The summed E-state index contributed by atoms with van der Waals surface area (Å²) >= 11 is 0. The lowest BCUT2D eigenvalue weighted by Crippen LogP contribution is -2.44. The van der Waals surface area contributed by atoms with Crippen molar-refractivity contribution in [3.8, 4) is 11.5 Å². The Morgan fingerprint density at radius 2 is 1.62 bits per heavy atom. The van der Waals surface area contributed by atoms with Crippen molar-refractivity contribution in [1.82, 2.24) is 9.80 Å². The summed E-state index contributed by atoms with van der Waals surface area (Å²) in [6, 6.07) is 8.91. The van der Waals surface area contributed by atoms with Gasteiger partial charge in [0.25, 0.3) is 5.91 Å². The summed E-state index contributed by atoms with van der Waals surface area (Å²) in [4.78, 5) is 29.6. The molecule has 1 atom stereocenters. The van der Waals surface area contributed by atoms with Crippen LogP contribution < -0.4 is 9.47 Å². The summed E-state index contributed by atoms with van der Waals surface area (Å²) < 4.78 is 38.8. The molecule has 0 N–H and O–H groups in total. The molecule has 2 aromatic carbocycles. The van der Waals surface area contributed by atoms with Crippen molar-refractivity contribution in [3.63, 3.8) is 0 Å². The van der Waals surface area contributed by atoms with Crippen LogP contribution in [0.3, 0.4) is 0 Å². The van der Waals surface area contributed by atoms with Crippen molar-refractivity contribution in [1.29, 1.82) is 0 Å². The summed E-state index contributed by atoms with van der Waals surface area (Å²) in [7, 11) is 0. The summed E-state index contributed by atoms with van der Waals surface area (Å²) in [5.74, 6) is -0.640. The zero-order valence-corrected chi connectivity index (χ0v) is 19.0. The molecule has 2 aromatic rings. The Balaban J connectivity index is 1.24. The number of hydrogen-bond acceptors (Lipinski definition) is 4. The average molecular weight is 471 g/mol. The number of rotatable bonds is 3. The first-order chi connectivity index (χ1) is 16.5. The highest BCUT2D eigenvalue weighted by Gasteiger charge is 2.36. The molecule has 0 bridgehead atoms. The van der Waals surface area contributed by atoms with E-state index in [9.17, 15) is 18.4 Å². The molecule has 0 aliphatic carbocycles. The van der Waals surface area contributed by atoms with Crippen LogP contribution in [-0.4, -0.2) is 54.5 Å². The fourth-order valence-electron chi connectivity index (χ4n) is 5.16. The number of carbonyl (C=O) groups is 2. The first-order valence-corrected chi connectivity index (χ1v) is 12.0. The van der Waals surface area contributed by atoms with E-state index >= 15 is 0 Å². The summed E-state index contributed by atoms with van der Waals surface area (Å²) in [5, 5.41) is 0. The maximum absolute atomic E-state index is 14.0. The van der Waals surface area contributed by atoms with Crippen molar-refractivity contribution in [2.75, 3.05) is 32.8 Å². The molecule has 3 aliphatic rings. The number of carbonyl (C=O) groups excluding carboxylic acids is 2. The van der Waals surface area contributed by atoms with Gasteiger partial charge < -0.3 is 19.3 Å². The topological polar surface area (TPSA) is 59.1 Å². The lowest BCUT2D eigenvalue weighted by atomic mass is 9.93. The molecule has 3 heterocycles. The van der Waals surface area contributed by atoms with Gasteiger partial charge in [0.1, 0.15) is 11.6 Å². The molecule has 180 valence electrons. The molecule has 0 saturated carbocycles. The lowest BCUT2D eigenvalue weighted by molar-refractivity contribution is -0.137. The minimum Gasteiger partial charge on any atom is -0.490 e. The minimum absolute atomic E-state index is 0.00220. The van der Waals surface area contributed by atoms with Crippen LogP contribution >= 0.6 is 0 Å². The van der Waals surface area contributed by atoms with Gasteiger partial charge in [-0.3, -0.25) is 9.59 Å². The highest BCUT2D eigenvalue weighted by molar-refractivity contribution is 5.94. The first-order valence-electron chi connectivity index (χ1n) is 12.0. The van der Waals surface area contributed by atoms with Gasteiger partial charge in [-0.25, -0.2) is 8.78 Å². The second-order valence-electron chi connectivity index (χ2n) is 9.14. The van der Waals surface area contributed by atoms with E-state index in [2.05, 4.69) is 0 Å². The second kappa shape index (κ2) is 9.60. The third-order valence-corrected chi connectivity index (χ3v) is 6.99. The van der Waals surface area contributed by atoms with Crippen LogP contribution in [0, 0.1) is 17.6 Å². The smallest absolute Gasteiger partial charge is 0.256 e. The van der Waals surface area contributed by atoms with Crippen molar-refractivity contribution >= 4 is 11.8 Å². The van der Waals surface area contributed by atoms with Crippen LogP contribution in [0.5, 0.6) is 11.5 Å². The normalized spacial score (nSPS) is 20.8. The van der Waals surface area contributed by atoms with Gasteiger partial charge in [0.15, 0.2) is 11.5 Å². The molecule has 2 saturated heterocycles. The number of benzene rings is 2. The Morgan fingerprint density at radius 1 is 0.853 bits per heavy atom. The molecule has 2 fully saturated rings. The molecular formula is C26H28F2N2O4. The van der Waals surface area contributed by atoms with Crippen molar-refractivity contribution in [2.24, 2.45) is 5.92 Å². The largest absolute Gasteiger partial charge is 0.490 e. The molecule has 34 heavy (non-hydrogen) atoms. The molecule has 8 heteroatoms. The number of halogens is 2. The van der Waals surface area contributed by atoms with Crippen LogP contribution in [-0.2, 0) is 4.79 Å². The molecule has 0 unspecified atom stereocenters. The van der Waals surface area contributed by atoms with Gasteiger partial charge in [-0.05, 0) is 55.5 Å². The monoisotopic (exact) mass is 470 g/mol. The number of fused-ring (bicyclic) bond motifs is 1. The maximum Gasteiger partial charge on any atom is 0.256 e. The fraction of sp³-hybridized carbons (Fsp3) is 0.462. The Hall–Kier alpha value is -3.16. The minimum atomic E-state index is -0.863. The van der Waals surface area contributed by atoms with E-state index in [4.69, 9.17) is 9.47 Å². The Bertz CT molecular complexity index is 1080. The SMILES string of the molecule is O=C(c1ccc(F)cc1F)N1CCC(C(=O)N2CCC[C@H]2c2ccc3c(c2)OCCCO3)CC1. The second-order valence-corrected chi connectivity index (χ2v) is 9.14. The van der Waals surface area contributed by atoms with Crippen LogP contribution in [0.15, 0.2) is 36.4 Å². The van der Waals surface area contributed by atoms with Gasteiger partial charge in [-0.15, -0.1) is 0 Å². The average Bonchev–Trinajstić information content (AvgIpc) is 3.22. The highest BCUT2D eigenvalue weighted by atomic mass is 19.1. The zero-order chi connectivity index (χ0) is 23.7.